The highest BCUT2D eigenvalue weighted by atomic mass is 19.4. The molecule has 0 aliphatic rings. The van der Waals surface area contributed by atoms with Crippen LogP contribution in [0.5, 0.6) is 23.0 Å². The third-order valence-corrected chi connectivity index (χ3v) is 9.77. The molecule has 64 heavy (non-hydrogen) atoms. The molecule has 0 aromatic heterocycles. The summed E-state index contributed by atoms with van der Waals surface area (Å²) >= 11 is 0. The molecule has 0 saturated heterocycles. The van der Waals surface area contributed by atoms with Crippen molar-refractivity contribution in [2.24, 2.45) is 0 Å². The van der Waals surface area contributed by atoms with Crippen molar-refractivity contribution < 1.29 is 80.4 Å². The average molecular weight is 905 g/mol. The molecule has 0 fully saturated rings. The Morgan fingerprint density at radius 2 is 0.656 bits per heavy atom. The predicted octanol–water partition coefficient (Wildman–Crippen LogP) is 15.7. The Hall–Kier alpha value is -7.24. The second-order valence-corrected chi connectivity index (χ2v) is 14.0. The maximum atomic E-state index is 14.6. The molecule has 0 atom stereocenters. The Kier molecular flexibility index (Phi) is 10.7. The SMILES string of the molecule is Fc1ccc(-c2c3cc4cc(OC(F)(F)F)ccc4c(-c4ccc(OC(F)(F)F)cc4)c3c(-c3ccc(F)cc3)c3cc(OC(F)(F)F)cc(-c4ccc(OC(F)(F)F)cc4)c23)cc1. The van der Waals surface area contributed by atoms with Crippen LogP contribution in [0.25, 0.3) is 76.8 Å². The number of hydrogen-bond acceptors (Lipinski definition) is 4. The molecule has 0 unspecified atom stereocenters. The summed E-state index contributed by atoms with van der Waals surface area (Å²) in [5.74, 6) is -4.38. The molecule has 0 aliphatic carbocycles. The van der Waals surface area contributed by atoms with Crippen molar-refractivity contribution in [1.82, 2.24) is 0 Å². The van der Waals surface area contributed by atoms with Crippen molar-refractivity contribution in [3.8, 4) is 67.5 Å². The Morgan fingerprint density at radius 3 is 1.12 bits per heavy atom. The van der Waals surface area contributed by atoms with Gasteiger partial charge >= 0.3 is 25.4 Å². The molecule has 328 valence electrons. The second-order valence-electron chi connectivity index (χ2n) is 14.0. The van der Waals surface area contributed by atoms with Crippen LogP contribution in [0.2, 0.25) is 0 Å². The third-order valence-electron chi connectivity index (χ3n) is 9.77. The van der Waals surface area contributed by atoms with E-state index in [4.69, 9.17) is 0 Å². The minimum absolute atomic E-state index is 0.0120. The monoisotopic (exact) mass is 904 g/mol. The first-order valence-electron chi connectivity index (χ1n) is 18.3. The van der Waals surface area contributed by atoms with E-state index in [9.17, 15) is 61.5 Å². The van der Waals surface area contributed by atoms with Gasteiger partial charge < -0.3 is 18.9 Å². The van der Waals surface area contributed by atoms with Crippen LogP contribution < -0.4 is 18.9 Å². The quantitative estimate of drug-likeness (QED) is 0.112. The Labute approximate surface area is 350 Å². The smallest absolute Gasteiger partial charge is 0.406 e. The number of ether oxygens (including phenoxy) is 4. The molecular weight excluding hydrogens is 882 g/mol. The lowest BCUT2D eigenvalue weighted by Gasteiger charge is -2.25. The number of hydrogen-bond donors (Lipinski definition) is 0. The Balaban J connectivity index is 1.63. The fourth-order valence-corrected chi connectivity index (χ4v) is 7.60. The van der Waals surface area contributed by atoms with Gasteiger partial charge in [0.15, 0.2) is 0 Å². The van der Waals surface area contributed by atoms with Gasteiger partial charge in [0, 0.05) is 0 Å². The molecule has 0 amide bonds. The van der Waals surface area contributed by atoms with E-state index >= 15 is 0 Å². The Morgan fingerprint density at radius 1 is 0.297 bits per heavy atom. The van der Waals surface area contributed by atoms with Gasteiger partial charge in [-0.2, -0.15) is 0 Å². The van der Waals surface area contributed by atoms with Gasteiger partial charge in [0.25, 0.3) is 0 Å². The van der Waals surface area contributed by atoms with Gasteiger partial charge in [-0.15, -0.1) is 52.7 Å². The van der Waals surface area contributed by atoms with E-state index in [1.807, 2.05) is 0 Å². The highest BCUT2D eigenvalue weighted by molar-refractivity contribution is 6.31. The first-order chi connectivity index (χ1) is 30.0. The molecule has 0 saturated carbocycles. The van der Waals surface area contributed by atoms with E-state index in [0.29, 0.717) is 0 Å². The molecule has 8 aromatic carbocycles. The molecule has 8 aromatic rings. The maximum absolute atomic E-state index is 14.6. The fourth-order valence-electron chi connectivity index (χ4n) is 7.60. The summed E-state index contributed by atoms with van der Waals surface area (Å²) in [6.07, 6.45) is -20.7. The lowest BCUT2D eigenvalue weighted by atomic mass is 9.79. The van der Waals surface area contributed by atoms with Gasteiger partial charge in [-0.05, 0) is 156 Å². The predicted molar refractivity (Wildman–Crippen MR) is 207 cm³/mol. The summed E-state index contributed by atoms with van der Waals surface area (Å²) in [5.41, 5.74) is 0.461. The van der Waals surface area contributed by atoms with Crippen molar-refractivity contribution >= 4 is 32.3 Å². The number of fused-ring (bicyclic) bond motifs is 3. The normalized spacial score (nSPS) is 12.5. The molecule has 0 radical (unpaired) electrons. The van der Waals surface area contributed by atoms with Crippen molar-refractivity contribution in [3.63, 3.8) is 0 Å². The number of halogens is 14. The maximum Gasteiger partial charge on any atom is 0.573 e. The third kappa shape index (κ3) is 9.40. The summed E-state index contributed by atoms with van der Waals surface area (Å²) in [5, 5.41) is 0.328. The molecule has 8 rings (SSSR count). The van der Waals surface area contributed by atoms with Gasteiger partial charge in [-0.25, -0.2) is 8.78 Å². The van der Waals surface area contributed by atoms with Gasteiger partial charge in [-0.1, -0.05) is 54.6 Å². The van der Waals surface area contributed by atoms with Gasteiger partial charge in [0.2, 0.25) is 0 Å². The van der Waals surface area contributed by atoms with E-state index in [-0.39, 0.29) is 76.8 Å². The molecule has 4 nitrogen and oxygen atoms in total. The number of rotatable bonds is 8. The molecule has 0 heterocycles. The zero-order valence-electron chi connectivity index (χ0n) is 31.6. The van der Waals surface area contributed by atoms with E-state index in [2.05, 4.69) is 18.9 Å². The van der Waals surface area contributed by atoms with E-state index in [1.54, 1.807) is 0 Å². The van der Waals surface area contributed by atoms with Crippen molar-refractivity contribution in [2.45, 2.75) is 25.4 Å². The van der Waals surface area contributed by atoms with Crippen molar-refractivity contribution in [3.05, 3.63) is 145 Å². The second kappa shape index (κ2) is 15.8. The Bertz CT molecular complexity index is 3030. The van der Waals surface area contributed by atoms with Crippen molar-refractivity contribution in [1.29, 1.82) is 0 Å². The highest BCUT2D eigenvalue weighted by Crippen LogP contribution is 2.53. The van der Waals surface area contributed by atoms with Crippen LogP contribution in [0, 0.1) is 11.6 Å². The van der Waals surface area contributed by atoms with Crippen LogP contribution in [0.15, 0.2) is 133 Å². The summed E-state index contributed by atoms with van der Waals surface area (Å²) in [6.45, 7) is 0. The lowest BCUT2D eigenvalue weighted by molar-refractivity contribution is -0.275. The van der Waals surface area contributed by atoms with Crippen LogP contribution >= 0.6 is 0 Å². The van der Waals surface area contributed by atoms with E-state index in [1.165, 1.54) is 48.5 Å². The molecule has 0 N–H and O–H groups in total. The summed E-state index contributed by atoms with van der Waals surface area (Å²) < 4.78 is 208. The largest absolute Gasteiger partial charge is 0.573 e. The zero-order valence-corrected chi connectivity index (χ0v) is 31.6. The van der Waals surface area contributed by atoms with E-state index < -0.39 is 60.1 Å². The molecule has 0 spiro atoms. The van der Waals surface area contributed by atoms with Crippen LogP contribution in [0.3, 0.4) is 0 Å². The molecular formula is C46H22F14O4. The number of benzene rings is 8. The highest BCUT2D eigenvalue weighted by Gasteiger charge is 2.35. The van der Waals surface area contributed by atoms with Crippen molar-refractivity contribution in [2.75, 3.05) is 0 Å². The summed E-state index contributed by atoms with van der Waals surface area (Å²) in [6, 6.07) is 24.1. The van der Waals surface area contributed by atoms with Crippen LogP contribution in [0.1, 0.15) is 0 Å². The molecule has 0 bridgehead atoms. The van der Waals surface area contributed by atoms with Crippen LogP contribution in [-0.4, -0.2) is 25.4 Å². The first kappa shape index (κ1) is 43.4. The lowest BCUT2D eigenvalue weighted by Crippen LogP contribution is -2.17. The van der Waals surface area contributed by atoms with Crippen LogP contribution in [-0.2, 0) is 0 Å². The number of alkyl halides is 12. The van der Waals surface area contributed by atoms with Gasteiger partial charge in [-0.3, -0.25) is 0 Å². The molecule has 18 heteroatoms. The first-order valence-corrected chi connectivity index (χ1v) is 18.3. The minimum Gasteiger partial charge on any atom is -0.406 e. The van der Waals surface area contributed by atoms with E-state index in [0.717, 1.165) is 84.9 Å². The minimum atomic E-state index is -5.32. The topological polar surface area (TPSA) is 36.9 Å². The van der Waals surface area contributed by atoms with Gasteiger partial charge in [0.05, 0.1) is 0 Å². The standard InChI is InChI=1S/C46H22F14O4/c47-28-9-1-24(2-10-28)39-36-20-27-19-32(63-45(55,56)57)17-18-34(27)38(26-7-15-31(16-8-26)62-44(52,53)54)42(36)40(25-3-11-29(48)12-4-25)37-22-33(64-46(58,59)60)21-35(41(37)39)23-5-13-30(14-6-23)61-43(49,50)51/h1-22H. The fraction of sp³-hybridized carbons (Fsp3) is 0.0870. The van der Waals surface area contributed by atoms with Crippen LogP contribution in [0.4, 0.5) is 61.5 Å². The summed E-state index contributed by atoms with van der Waals surface area (Å²) in [7, 11) is 0. The summed E-state index contributed by atoms with van der Waals surface area (Å²) in [4.78, 5) is 0. The van der Waals surface area contributed by atoms with Gasteiger partial charge in [0.1, 0.15) is 34.6 Å². The average Bonchev–Trinajstić information content (AvgIpc) is 3.18. The molecule has 0 aliphatic heterocycles. The zero-order chi connectivity index (χ0) is 45.9.